The molecule has 0 amide bonds. The highest BCUT2D eigenvalue weighted by atomic mass is 79.9. The Hall–Kier alpha value is -0.330. The van der Waals surface area contributed by atoms with Gasteiger partial charge in [0, 0.05) is 45.3 Å². The first-order valence-electron chi connectivity index (χ1n) is 5.43. The molecule has 1 aromatic heterocycles. The molecular formula is C12H12Br3N3. The number of rotatable bonds is 4. The Morgan fingerprint density at radius 3 is 2.44 bits per heavy atom. The number of hydrogen-bond acceptors (Lipinski definition) is 2. The van der Waals surface area contributed by atoms with E-state index in [4.69, 9.17) is 0 Å². The van der Waals surface area contributed by atoms with E-state index in [9.17, 15) is 0 Å². The van der Waals surface area contributed by atoms with Crippen LogP contribution in [-0.4, -0.2) is 16.3 Å². The number of aryl methyl sites for hydroxylation is 1. The zero-order valence-electron chi connectivity index (χ0n) is 9.75. The Kier molecular flexibility index (Phi) is 4.86. The van der Waals surface area contributed by atoms with E-state index in [1.54, 1.807) is 0 Å². The van der Waals surface area contributed by atoms with Crippen molar-refractivity contribution in [2.45, 2.75) is 6.42 Å². The largest absolute Gasteiger partial charge is 0.383 e. The van der Waals surface area contributed by atoms with Gasteiger partial charge in [0.15, 0.2) is 0 Å². The molecule has 2 rings (SSSR count). The van der Waals surface area contributed by atoms with E-state index in [1.165, 1.54) is 5.69 Å². The van der Waals surface area contributed by atoms with E-state index < -0.39 is 0 Å². The summed E-state index contributed by atoms with van der Waals surface area (Å²) in [6.07, 6.45) is 2.76. The molecule has 3 nitrogen and oxygen atoms in total. The van der Waals surface area contributed by atoms with Crippen LogP contribution in [-0.2, 0) is 13.5 Å². The second kappa shape index (κ2) is 6.21. The predicted octanol–water partition coefficient (Wildman–Crippen LogP) is 4.36. The van der Waals surface area contributed by atoms with Crippen molar-refractivity contribution in [2.24, 2.45) is 7.05 Å². The maximum absolute atomic E-state index is 4.15. The van der Waals surface area contributed by atoms with Crippen LogP contribution in [0.1, 0.15) is 5.69 Å². The second-order valence-electron chi connectivity index (χ2n) is 3.87. The molecule has 0 saturated carbocycles. The average molecular weight is 438 g/mol. The van der Waals surface area contributed by atoms with Crippen LogP contribution in [0.4, 0.5) is 5.69 Å². The number of benzene rings is 1. The summed E-state index contributed by atoms with van der Waals surface area (Å²) < 4.78 is 5.01. The highest BCUT2D eigenvalue weighted by molar-refractivity contribution is 9.11. The maximum atomic E-state index is 4.15. The van der Waals surface area contributed by atoms with Crippen molar-refractivity contribution in [3.63, 3.8) is 0 Å². The highest BCUT2D eigenvalue weighted by Gasteiger charge is 2.06. The molecule has 2 aromatic rings. The highest BCUT2D eigenvalue weighted by Crippen LogP contribution is 2.34. The Bertz CT molecular complexity index is 528. The number of halogens is 3. The van der Waals surface area contributed by atoms with Crippen LogP contribution in [0.2, 0.25) is 0 Å². The zero-order valence-corrected chi connectivity index (χ0v) is 14.5. The Morgan fingerprint density at radius 2 is 1.89 bits per heavy atom. The smallest absolute Gasteiger partial charge is 0.0629 e. The van der Waals surface area contributed by atoms with Crippen molar-refractivity contribution in [1.29, 1.82) is 0 Å². The number of aromatic nitrogens is 2. The van der Waals surface area contributed by atoms with Crippen molar-refractivity contribution in [3.05, 3.63) is 43.5 Å². The third-order valence-corrected chi connectivity index (χ3v) is 4.32. The molecule has 1 heterocycles. The molecule has 0 saturated heterocycles. The van der Waals surface area contributed by atoms with Gasteiger partial charge in [-0.25, -0.2) is 0 Å². The fourth-order valence-electron chi connectivity index (χ4n) is 1.67. The van der Waals surface area contributed by atoms with Gasteiger partial charge in [-0.3, -0.25) is 4.68 Å². The average Bonchev–Trinajstić information content (AvgIpc) is 2.68. The normalized spacial score (nSPS) is 10.7. The molecule has 18 heavy (non-hydrogen) atoms. The SMILES string of the molecule is Cn1nccc1CCNc1c(Br)cc(Br)cc1Br. The molecule has 6 heteroatoms. The lowest BCUT2D eigenvalue weighted by Crippen LogP contribution is -2.09. The molecular weight excluding hydrogens is 426 g/mol. The molecule has 0 aliphatic carbocycles. The van der Waals surface area contributed by atoms with Crippen LogP contribution in [0, 0.1) is 0 Å². The lowest BCUT2D eigenvalue weighted by atomic mass is 10.3. The minimum atomic E-state index is 0.859. The summed E-state index contributed by atoms with van der Waals surface area (Å²) >= 11 is 10.6. The molecule has 1 N–H and O–H groups in total. The van der Waals surface area contributed by atoms with Gasteiger partial charge in [0.05, 0.1) is 5.69 Å². The quantitative estimate of drug-likeness (QED) is 0.770. The summed E-state index contributed by atoms with van der Waals surface area (Å²) in [7, 11) is 1.96. The van der Waals surface area contributed by atoms with E-state index in [1.807, 2.05) is 36.1 Å². The van der Waals surface area contributed by atoms with E-state index >= 15 is 0 Å². The van der Waals surface area contributed by atoms with Crippen molar-refractivity contribution in [1.82, 2.24) is 9.78 Å². The van der Waals surface area contributed by atoms with Crippen molar-refractivity contribution < 1.29 is 0 Å². The van der Waals surface area contributed by atoms with Crippen LogP contribution >= 0.6 is 47.8 Å². The molecule has 0 aliphatic rings. The van der Waals surface area contributed by atoms with E-state index in [-0.39, 0.29) is 0 Å². The van der Waals surface area contributed by atoms with Gasteiger partial charge < -0.3 is 5.32 Å². The van der Waals surface area contributed by atoms with E-state index in [0.29, 0.717) is 0 Å². The minimum absolute atomic E-state index is 0.859. The fourth-order valence-corrected chi connectivity index (χ4v) is 4.21. The molecule has 0 spiro atoms. The summed E-state index contributed by atoms with van der Waals surface area (Å²) in [5.74, 6) is 0. The number of nitrogens with one attached hydrogen (secondary N) is 1. The summed E-state index contributed by atoms with van der Waals surface area (Å²) in [6, 6.07) is 6.09. The fraction of sp³-hybridized carbons (Fsp3) is 0.250. The lowest BCUT2D eigenvalue weighted by molar-refractivity contribution is 0.711. The standard InChI is InChI=1S/C12H12Br3N3/c1-18-9(3-5-17-18)2-4-16-12-10(14)6-8(13)7-11(12)15/h3,5-7,16H,2,4H2,1H3. The van der Waals surface area contributed by atoms with Crippen molar-refractivity contribution in [3.8, 4) is 0 Å². The predicted molar refractivity (Wildman–Crippen MR) is 84.9 cm³/mol. The Balaban J connectivity index is 2.01. The topological polar surface area (TPSA) is 29.9 Å². The molecule has 0 atom stereocenters. The molecule has 0 aliphatic heterocycles. The van der Waals surface area contributed by atoms with Gasteiger partial charge >= 0.3 is 0 Å². The summed E-state index contributed by atoms with van der Waals surface area (Å²) in [5, 5.41) is 7.57. The third kappa shape index (κ3) is 3.36. The van der Waals surface area contributed by atoms with Gasteiger partial charge in [0.1, 0.15) is 0 Å². The van der Waals surface area contributed by atoms with Gasteiger partial charge in [-0.2, -0.15) is 5.10 Å². The van der Waals surface area contributed by atoms with Crippen molar-refractivity contribution in [2.75, 3.05) is 11.9 Å². The number of nitrogens with zero attached hydrogens (tertiary/aromatic N) is 2. The summed E-state index contributed by atoms with van der Waals surface area (Å²) in [6.45, 7) is 0.859. The Morgan fingerprint density at radius 1 is 1.22 bits per heavy atom. The van der Waals surface area contributed by atoms with Crippen LogP contribution in [0.25, 0.3) is 0 Å². The van der Waals surface area contributed by atoms with Crippen molar-refractivity contribution >= 4 is 53.5 Å². The molecule has 0 fully saturated rings. The van der Waals surface area contributed by atoms with Gasteiger partial charge in [-0.05, 0) is 50.1 Å². The van der Waals surface area contributed by atoms with Gasteiger partial charge in [0.25, 0.3) is 0 Å². The minimum Gasteiger partial charge on any atom is -0.383 e. The molecule has 96 valence electrons. The molecule has 0 unspecified atom stereocenters. The van der Waals surface area contributed by atoms with Gasteiger partial charge in [0.2, 0.25) is 0 Å². The first kappa shape index (κ1) is 14.1. The van der Waals surface area contributed by atoms with Crippen LogP contribution in [0.3, 0.4) is 0 Å². The first-order valence-corrected chi connectivity index (χ1v) is 7.81. The van der Waals surface area contributed by atoms with E-state index in [0.717, 1.165) is 32.1 Å². The molecule has 0 radical (unpaired) electrons. The van der Waals surface area contributed by atoms with E-state index in [2.05, 4.69) is 58.2 Å². The summed E-state index contributed by atoms with van der Waals surface area (Å²) in [4.78, 5) is 0. The first-order chi connectivity index (χ1) is 8.58. The monoisotopic (exact) mass is 435 g/mol. The Labute approximate surface area is 131 Å². The number of hydrogen-bond donors (Lipinski definition) is 1. The van der Waals surface area contributed by atoms with Crippen LogP contribution < -0.4 is 5.32 Å². The van der Waals surface area contributed by atoms with Gasteiger partial charge in [-0.1, -0.05) is 15.9 Å². The van der Waals surface area contributed by atoms with Crippen LogP contribution in [0.15, 0.2) is 37.8 Å². The molecule has 0 bridgehead atoms. The third-order valence-electron chi connectivity index (χ3n) is 2.61. The lowest BCUT2D eigenvalue weighted by Gasteiger charge is -2.11. The summed E-state index contributed by atoms with van der Waals surface area (Å²) in [5.41, 5.74) is 2.28. The number of anilines is 1. The van der Waals surface area contributed by atoms with Crippen LogP contribution in [0.5, 0.6) is 0 Å². The second-order valence-corrected chi connectivity index (χ2v) is 6.49. The maximum Gasteiger partial charge on any atom is 0.0629 e. The molecule has 1 aromatic carbocycles. The van der Waals surface area contributed by atoms with Gasteiger partial charge in [-0.15, -0.1) is 0 Å². The zero-order chi connectivity index (χ0) is 13.1.